The molecule has 19 heavy (non-hydrogen) atoms. The Labute approximate surface area is 112 Å². The summed E-state index contributed by atoms with van der Waals surface area (Å²) in [6.45, 7) is 1.15. The summed E-state index contributed by atoms with van der Waals surface area (Å²) >= 11 is 0. The Balaban J connectivity index is 1.58. The van der Waals surface area contributed by atoms with Gasteiger partial charge in [-0.15, -0.1) is 0 Å². The molecule has 0 bridgehead atoms. The number of hydrogen-bond acceptors (Lipinski definition) is 2. The van der Waals surface area contributed by atoms with Crippen LogP contribution in [-0.2, 0) is 16.1 Å². The molecule has 0 unspecified atom stereocenters. The van der Waals surface area contributed by atoms with E-state index in [2.05, 4.69) is 5.32 Å². The summed E-state index contributed by atoms with van der Waals surface area (Å²) in [7, 11) is 0. The van der Waals surface area contributed by atoms with E-state index in [1.54, 1.807) is 4.90 Å². The predicted molar refractivity (Wildman–Crippen MR) is 71.1 cm³/mol. The molecule has 0 radical (unpaired) electrons. The molecule has 0 spiro atoms. The quantitative estimate of drug-likeness (QED) is 0.885. The van der Waals surface area contributed by atoms with Crippen LogP contribution in [0.1, 0.15) is 24.8 Å². The minimum absolute atomic E-state index is 0.0476. The van der Waals surface area contributed by atoms with Crippen molar-refractivity contribution in [3.05, 3.63) is 35.9 Å². The second-order valence-corrected chi connectivity index (χ2v) is 5.44. The first kappa shape index (κ1) is 12.2. The Hall–Kier alpha value is -1.84. The highest BCUT2D eigenvalue weighted by Gasteiger charge is 2.36. The van der Waals surface area contributed by atoms with Gasteiger partial charge in [-0.1, -0.05) is 30.3 Å². The van der Waals surface area contributed by atoms with E-state index < -0.39 is 0 Å². The number of likely N-dealkylation sites (tertiary alicyclic amines) is 1. The third-order valence-corrected chi connectivity index (χ3v) is 3.73. The van der Waals surface area contributed by atoms with Gasteiger partial charge in [0.25, 0.3) is 0 Å². The van der Waals surface area contributed by atoms with Crippen LogP contribution in [-0.4, -0.2) is 29.3 Å². The number of carbonyl (C=O) groups excluding carboxylic acids is 2. The van der Waals surface area contributed by atoms with Gasteiger partial charge in [0.15, 0.2) is 0 Å². The van der Waals surface area contributed by atoms with Crippen molar-refractivity contribution in [2.24, 2.45) is 5.92 Å². The average Bonchev–Trinajstić information content (AvgIpc) is 3.15. The fourth-order valence-electron chi connectivity index (χ4n) is 2.45. The molecule has 1 saturated carbocycles. The van der Waals surface area contributed by atoms with Crippen LogP contribution in [0.25, 0.3) is 0 Å². The third-order valence-electron chi connectivity index (χ3n) is 3.73. The van der Waals surface area contributed by atoms with Gasteiger partial charge in [-0.3, -0.25) is 9.59 Å². The molecule has 2 fully saturated rings. The molecule has 4 nitrogen and oxygen atoms in total. The van der Waals surface area contributed by atoms with Gasteiger partial charge in [-0.05, 0) is 18.4 Å². The number of nitrogens with zero attached hydrogens (tertiary/aromatic N) is 1. The van der Waals surface area contributed by atoms with Crippen LogP contribution in [0.2, 0.25) is 0 Å². The molecular weight excluding hydrogens is 240 g/mol. The van der Waals surface area contributed by atoms with Crippen LogP contribution in [0.15, 0.2) is 30.3 Å². The molecule has 2 aliphatic rings. The van der Waals surface area contributed by atoms with E-state index >= 15 is 0 Å². The molecular formula is C15H18N2O2. The number of hydrogen-bond donors (Lipinski definition) is 1. The molecule has 1 atom stereocenters. The van der Waals surface area contributed by atoms with Gasteiger partial charge in [0.1, 0.15) is 0 Å². The van der Waals surface area contributed by atoms with Gasteiger partial charge in [-0.25, -0.2) is 0 Å². The molecule has 2 amide bonds. The van der Waals surface area contributed by atoms with E-state index in [1.807, 2.05) is 30.3 Å². The van der Waals surface area contributed by atoms with Gasteiger partial charge in [0.2, 0.25) is 11.8 Å². The highest BCUT2D eigenvalue weighted by molar-refractivity contribution is 5.89. The molecule has 3 rings (SSSR count). The monoisotopic (exact) mass is 258 g/mol. The van der Waals surface area contributed by atoms with Gasteiger partial charge >= 0.3 is 0 Å². The minimum Gasteiger partial charge on any atom is -0.353 e. The largest absolute Gasteiger partial charge is 0.353 e. The van der Waals surface area contributed by atoms with E-state index in [4.69, 9.17) is 0 Å². The Morgan fingerprint density at radius 3 is 2.68 bits per heavy atom. The van der Waals surface area contributed by atoms with E-state index in [0.717, 1.165) is 18.4 Å². The molecule has 1 aromatic rings. The summed E-state index contributed by atoms with van der Waals surface area (Å²) in [5.74, 6) is -0.0389. The lowest BCUT2D eigenvalue weighted by atomic mass is 10.1. The average molecular weight is 258 g/mol. The summed E-state index contributed by atoms with van der Waals surface area (Å²) < 4.78 is 0. The molecule has 0 aromatic heterocycles. The van der Waals surface area contributed by atoms with Gasteiger partial charge in [0.05, 0.1) is 5.92 Å². The number of benzene rings is 1. The number of nitrogens with one attached hydrogen (secondary N) is 1. The van der Waals surface area contributed by atoms with Crippen molar-refractivity contribution in [2.45, 2.75) is 31.8 Å². The van der Waals surface area contributed by atoms with Crippen molar-refractivity contribution in [2.75, 3.05) is 6.54 Å². The van der Waals surface area contributed by atoms with Crippen LogP contribution in [0.5, 0.6) is 0 Å². The summed E-state index contributed by atoms with van der Waals surface area (Å²) in [5.41, 5.74) is 1.11. The molecule has 1 heterocycles. The highest BCUT2D eigenvalue weighted by atomic mass is 16.2. The van der Waals surface area contributed by atoms with Crippen molar-refractivity contribution in [3.63, 3.8) is 0 Å². The maximum absolute atomic E-state index is 11.9. The SMILES string of the molecule is O=C(NC1CC1)[C@H]1CC(=O)N(Cc2ccccc2)C1. The zero-order chi connectivity index (χ0) is 13.2. The van der Waals surface area contributed by atoms with Crippen molar-refractivity contribution in [1.29, 1.82) is 0 Å². The van der Waals surface area contributed by atoms with Crippen molar-refractivity contribution in [3.8, 4) is 0 Å². The Bertz CT molecular complexity index is 482. The van der Waals surface area contributed by atoms with Crippen LogP contribution < -0.4 is 5.32 Å². The molecule has 100 valence electrons. The Morgan fingerprint density at radius 2 is 2.00 bits per heavy atom. The van der Waals surface area contributed by atoms with Crippen molar-refractivity contribution < 1.29 is 9.59 Å². The summed E-state index contributed by atoms with van der Waals surface area (Å²) in [5, 5.41) is 2.98. The smallest absolute Gasteiger partial charge is 0.225 e. The lowest BCUT2D eigenvalue weighted by Gasteiger charge is -2.16. The van der Waals surface area contributed by atoms with Crippen LogP contribution in [0.3, 0.4) is 0 Å². The normalized spacial score (nSPS) is 22.6. The fraction of sp³-hybridized carbons (Fsp3) is 0.467. The summed E-state index contributed by atoms with van der Waals surface area (Å²) in [4.78, 5) is 25.7. The van der Waals surface area contributed by atoms with E-state index in [-0.39, 0.29) is 17.7 Å². The second-order valence-electron chi connectivity index (χ2n) is 5.44. The highest BCUT2D eigenvalue weighted by Crippen LogP contribution is 2.23. The standard InChI is InChI=1S/C15H18N2O2/c18-14-8-12(15(19)16-13-6-7-13)10-17(14)9-11-4-2-1-3-5-11/h1-5,12-13H,6-10H2,(H,16,19)/t12-/m0/s1. The van der Waals surface area contributed by atoms with E-state index in [1.165, 1.54) is 0 Å². The lowest BCUT2D eigenvalue weighted by Crippen LogP contribution is -2.34. The van der Waals surface area contributed by atoms with Gasteiger partial charge in [0, 0.05) is 25.6 Å². The summed E-state index contributed by atoms with van der Waals surface area (Å²) in [6.07, 6.45) is 2.52. The maximum atomic E-state index is 11.9. The molecule has 1 saturated heterocycles. The number of rotatable bonds is 4. The summed E-state index contributed by atoms with van der Waals surface area (Å²) in [6, 6.07) is 10.3. The molecule has 1 aromatic carbocycles. The molecule has 1 aliphatic carbocycles. The Kier molecular flexibility index (Phi) is 3.23. The zero-order valence-electron chi connectivity index (χ0n) is 10.8. The first-order chi connectivity index (χ1) is 9.22. The number of amides is 2. The van der Waals surface area contributed by atoms with Gasteiger partial charge in [-0.2, -0.15) is 0 Å². The topological polar surface area (TPSA) is 49.4 Å². The lowest BCUT2D eigenvalue weighted by molar-refractivity contribution is -0.129. The van der Waals surface area contributed by atoms with E-state index in [9.17, 15) is 9.59 Å². The van der Waals surface area contributed by atoms with Gasteiger partial charge < -0.3 is 10.2 Å². The molecule has 1 aliphatic heterocycles. The molecule has 1 N–H and O–H groups in total. The third kappa shape index (κ3) is 2.95. The van der Waals surface area contributed by atoms with Crippen LogP contribution in [0, 0.1) is 5.92 Å². The zero-order valence-corrected chi connectivity index (χ0v) is 10.8. The van der Waals surface area contributed by atoms with Crippen molar-refractivity contribution in [1.82, 2.24) is 10.2 Å². The first-order valence-corrected chi connectivity index (χ1v) is 6.84. The minimum atomic E-state index is -0.170. The maximum Gasteiger partial charge on any atom is 0.225 e. The Morgan fingerprint density at radius 1 is 1.26 bits per heavy atom. The van der Waals surface area contributed by atoms with E-state index in [0.29, 0.717) is 25.6 Å². The second kappa shape index (κ2) is 5.03. The fourth-order valence-corrected chi connectivity index (χ4v) is 2.45. The molecule has 4 heteroatoms. The van der Waals surface area contributed by atoms with Crippen LogP contribution in [0.4, 0.5) is 0 Å². The predicted octanol–water partition coefficient (Wildman–Crippen LogP) is 1.31. The first-order valence-electron chi connectivity index (χ1n) is 6.84. The van der Waals surface area contributed by atoms with Crippen molar-refractivity contribution >= 4 is 11.8 Å². The number of carbonyl (C=O) groups is 2. The van der Waals surface area contributed by atoms with Crippen LogP contribution >= 0.6 is 0 Å².